The summed E-state index contributed by atoms with van der Waals surface area (Å²) in [5.41, 5.74) is 4.69. The van der Waals surface area contributed by atoms with Gasteiger partial charge in [-0.3, -0.25) is 4.79 Å². The fourth-order valence-electron chi connectivity index (χ4n) is 4.22. The number of rotatable bonds is 5. The monoisotopic (exact) mass is 462 g/mol. The summed E-state index contributed by atoms with van der Waals surface area (Å²) in [6, 6.07) is 25.4. The topological polar surface area (TPSA) is 89.5 Å². The Labute approximate surface area is 201 Å². The molecular formula is C28H22N4O3. The third-order valence-corrected chi connectivity index (χ3v) is 5.92. The standard InChI is InChI=1S/C28H22N4O3/c1-18-15-22(19(2)31(18)23-12-8-11-21(16-23)28(34)35)17-29-32-26(20-9-4-3-5-10-20)30-25-14-7-6-13-24(25)27(32)33/h3-17H,1-2H3,(H,34,35). The van der Waals surface area contributed by atoms with Crippen molar-refractivity contribution < 1.29 is 9.90 Å². The molecule has 0 fully saturated rings. The van der Waals surface area contributed by atoms with Crippen LogP contribution in [0.5, 0.6) is 0 Å². The van der Waals surface area contributed by atoms with Crippen molar-refractivity contribution in [2.45, 2.75) is 13.8 Å². The second kappa shape index (κ2) is 8.87. The number of carboxylic acids is 1. The fraction of sp³-hybridized carbons (Fsp3) is 0.0714. The number of aryl methyl sites for hydroxylation is 1. The summed E-state index contributed by atoms with van der Waals surface area (Å²) < 4.78 is 3.29. The van der Waals surface area contributed by atoms with Gasteiger partial charge in [0, 0.05) is 28.2 Å². The summed E-state index contributed by atoms with van der Waals surface area (Å²) in [5, 5.41) is 14.4. The number of aromatic carboxylic acids is 1. The van der Waals surface area contributed by atoms with E-state index in [1.54, 1.807) is 36.5 Å². The molecule has 5 rings (SSSR count). The number of carbonyl (C=O) groups is 1. The lowest BCUT2D eigenvalue weighted by molar-refractivity contribution is 0.0697. The molecule has 0 saturated heterocycles. The molecule has 0 spiro atoms. The summed E-state index contributed by atoms with van der Waals surface area (Å²) in [6.07, 6.45) is 1.64. The van der Waals surface area contributed by atoms with E-state index < -0.39 is 5.97 Å². The quantitative estimate of drug-likeness (QED) is 0.370. The van der Waals surface area contributed by atoms with Crippen molar-refractivity contribution in [3.8, 4) is 17.1 Å². The van der Waals surface area contributed by atoms with Crippen molar-refractivity contribution in [1.29, 1.82) is 0 Å². The first-order chi connectivity index (χ1) is 16.9. The van der Waals surface area contributed by atoms with Gasteiger partial charge in [0.05, 0.1) is 22.7 Å². The van der Waals surface area contributed by atoms with Crippen LogP contribution in [0.2, 0.25) is 0 Å². The number of para-hydroxylation sites is 1. The molecule has 0 radical (unpaired) electrons. The molecule has 7 heteroatoms. The van der Waals surface area contributed by atoms with E-state index >= 15 is 0 Å². The molecule has 5 aromatic rings. The van der Waals surface area contributed by atoms with Crippen LogP contribution in [0.4, 0.5) is 0 Å². The van der Waals surface area contributed by atoms with Crippen LogP contribution >= 0.6 is 0 Å². The lowest BCUT2D eigenvalue weighted by Crippen LogP contribution is -2.20. The molecule has 1 N–H and O–H groups in total. The minimum absolute atomic E-state index is 0.214. The van der Waals surface area contributed by atoms with Crippen LogP contribution in [0.3, 0.4) is 0 Å². The van der Waals surface area contributed by atoms with Crippen molar-refractivity contribution >= 4 is 23.1 Å². The molecule has 0 aliphatic rings. The molecule has 3 aromatic carbocycles. The molecule has 2 aromatic heterocycles. The van der Waals surface area contributed by atoms with Crippen molar-refractivity contribution in [3.05, 3.63) is 118 Å². The number of aromatic nitrogens is 3. The Bertz CT molecular complexity index is 1660. The average Bonchev–Trinajstić information content (AvgIpc) is 3.16. The van der Waals surface area contributed by atoms with E-state index in [-0.39, 0.29) is 11.1 Å². The maximum atomic E-state index is 13.4. The normalized spacial score (nSPS) is 11.4. The molecule has 0 amide bonds. The van der Waals surface area contributed by atoms with Crippen LogP contribution in [-0.4, -0.2) is 31.5 Å². The number of nitrogens with zero attached hydrogens (tertiary/aromatic N) is 4. The highest BCUT2D eigenvalue weighted by atomic mass is 16.4. The fourth-order valence-corrected chi connectivity index (χ4v) is 4.22. The highest BCUT2D eigenvalue weighted by Crippen LogP contribution is 2.22. The Morgan fingerprint density at radius 2 is 1.69 bits per heavy atom. The summed E-state index contributed by atoms with van der Waals surface area (Å²) >= 11 is 0. The minimum atomic E-state index is -0.979. The summed E-state index contributed by atoms with van der Waals surface area (Å²) in [5.74, 6) is -0.527. The first-order valence-corrected chi connectivity index (χ1v) is 11.1. The molecule has 0 saturated carbocycles. The Balaban J connectivity index is 1.64. The lowest BCUT2D eigenvalue weighted by Gasteiger charge is -2.11. The van der Waals surface area contributed by atoms with Gasteiger partial charge in [-0.15, -0.1) is 0 Å². The van der Waals surface area contributed by atoms with Crippen LogP contribution in [0, 0.1) is 13.8 Å². The van der Waals surface area contributed by atoms with E-state index in [0.717, 1.165) is 28.2 Å². The van der Waals surface area contributed by atoms with Crippen molar-refractivity contribution in [2.75, 3.05) is 0 Å². The molecule has 0 aliphatic carbocycles. The lowest BCUT2D eigenvalue weighted by atomic mass is 10.2. The number of hydrogen-bond acceptors (Lipinski definition) is 4. The highest BCUT2D eigenvalue weighted by molar-refractivity contribution is 5.88. The average molecular weight is 463 g/mol. The Kier molecular flexibility index (Phi) is 5.58. The maximum absolute atomic E-state index is 13.4. The van der Waals surface area contributed by atoms with Crippen molar-refractivity contribution in [2.24, 2.45) is 5.10 Å². The van der Waals surface area contributed by atoms with Gasteiger partial charge in [0.15, 0.2) is 5.82 Å². The van der Waals surface area contributed by atoms with Crippen LogP contribution in [-0.2, 0) is 0 Å². The van der Waals surface area contributed by atoms with E-state index in [1.165, 1.54) is 4.68 Å². The predicted molar refractivity (Wildman–Crippen MR) is 137 cm³/mol. The Hall–Kier alpha value is -4.78. The number of benzene rings is 3. The van der Waals surface area contributed by atoms with Gasteiger partial charge in [0.25, 0.3) is 5.56 Å². The molecule has 2 heterocycles. The van der Waals surface area contributed by atoms with E-state index in [4.69, 9.17) is 4.98 Å². The molecular weight excluding hydrogens is 440 g/mol. The molecule has 172 valence electrons. The third kappa shape index (κ3) is 4.04. The number of carboxylic acid groups (broad SMARTS) is 1. The van der Waals surface area contributed by atoms with Gasteiger partial charge < -0.3 is 9.67 Å². The van der Waals surface area contributed by atoms with Gasteiger partial charge >= 0.3 is 5.97 Å². The van der Waals surface area contributed by atoms with E-state index in [0.29, 0.717) is 16.7 Å². The van der Waals surface area contributed by atoms with E-state index in [1.807, 2.05) is 73.0 Å². The summed E-state index contributed by atoms with van der Waals surface area (Å²) in [6.45, 7) is 3.87. The van der Waals surface area contributed by atoms with Crippen LogP contribution in [0.15, 0.2) is 94.8 Å². The minimum Gasteiger partial charge on any atom is -0.478 e. The van der Waals surface area contributed by atoms with Crippen LogP contribution < -0.4 is 5.56 Å². The van der Waals surface area contributed by atoms with Gasteiger partial charge in [-0.2, -0.15) is 9.78 Å². The van der Waals surface area contributed by atoms with Crippen LogP contribution in [0.25, 0.3) is 28.0 Å². The second-order valence-corrected chi connectivity index (χ2v) is 8.20. The summed E-state index contributed by atoms with van der Waals surface area (Å²) in [7, 11) is 0. The maximum Gasteiger partial charge on any atom is 0.335 e. The Morgan fingerprint density at radius 3 is 2.46 bits per heavy atom. The zero-order valence-corrected chi connectivity index (χ0v) is 19.2. The zero-order chi connectivity index (χ0) is 24.5. The first-order valence-electron chi connectivity index (χ1n) is 11.1. The molecule has 0 atom stereocenters. The molecule has 35 heavy (non-hydrogen) atoms. The van der Waals surface area contributed by atoms with Gasteiger partial charge in [0.1, 0.15) is 0 Å². The highest BCUT2D eigenvalue weighted by Gasteiger charge is 2.14. The van der Waals surface area contributed by atoms with E-state index in [2.05, 4.69) is 5.10 Å². The third-order valence-electron chi connectivity index (χ3n) is 5.92. The smallest absolute Gasteiger partial charge is 0.335 e. The summed E-state index contributed by atoms with van der Waals surface area (Å²) in [4.78, 5) is 29.5. The second-order valence-electron chi connectivity index (χ2n) is 8.20. The SMILES string of the molecule is Cc1cc(C=Nn2c(-c3ccccc3)nc3ccccc3c2=O)c(C)n1-c1cccc(C(=O)O)c1. The predicted octanol–water partition coefficient (Wildman–Crippen LogP) is 5.05. The van der Waals surface area contributed by atoms with Crippen LogP contribution in [0.1, 0.15) is 27.3 Å². The molecule has 0 unspecified atom stereocenters. The van der Waals surface area contributed by atoms with Crippen molar-refractivity contribution in [3.63, 3.8) is 0 Å². The molecule has 7 nitrogen and oxygen atoms in total. The number of hydrogen-bond donors (Lipinski definition) is 1. The van der Waals surface area contributed by atoms with Gasteiger partial charge in [-0.25, -0.2) is 9.78 Å². The van der Waals surface area contributed by atoms with Gasteiger partial charge in [0.2, 0.25) is 0 Å². The van der Waals surface area contributed by atoms with E-state index in [9.17, 15) is 14.7 Å². The van der Waals surface area contributed by atoms with Crippen molar-refractivity contribution in [1.82, 2.24) is 14.2 Å². The zero-order valence-electron chi connectivity index (χ0n) is 19.2. The molecule has 0 aliphatic heterocycles. The van der Waals surface area contributed by atoms with Gasteiger partial charge in [-0.05, 0) is 50.2 Å². The number of fused-ring (bicyclic) bond motifs is 1. The van der Waals surface area contributed by atoms with Gasteiger partial charge in [-0.1, -0.05) is 48.5 Å². The molecule has 0 bridgehead atoms. The Morgan fingerprint density at radius 1 is 0.943 bits per heavy atom. The first kappa shape index (κ1) is 22.0. The largest absolute Gasteiger partial charge is 0.478 e.